The van der Waals surface area contributed by atoms with Gasteiger partial charge in [-0.2, -0.15) is 0 Å². The topological polar surface area (TPSA) is 62.3 Å². The predicted octanol–water partition coefficient (Wildman–Crippen LogP) is 2.99. The number of hydrogen-bond donors (Lipinski definition) is 1. The highest BCUT2D eigenvalue weighted by molar-refractivity contribution is 5.86. The third kappa shape index (κ3) is 5.04. The zero-order chi connectivity index (χ0) is 19.8. The largest absolute Gasteiger partial charge is 0.347 e. The van der Waals surface area contributed by atoms with Crippen LogP contribution in [0.3, 0.4) is 0 Å². The van der Waals surface area contributed by atoms with Gasteiger partial charge in [0.15, 0.2) is 0 Å². The van der Waals surface area contributed by atoms with Gasteiger partial charge in [-0.1, -0.05) is 66.7 Å². The van der Waals surface area contributed by atoms with Gasteiger partial charge < -0.3 is 10.2 Å². The summed E-state index contributed by atoms with van der Waals surface area (Å²) in [5, 5.41) is 2.72. The van der Waals surface area contributed by atoms with Crippen LogP contribution >= 0.6 is 0 Å². The molecule has 1 atom stereocenters. The first-order valence-corrected chi connectivity index (χ1v) is 9.17. The Morgan fingerprint density at radius 2 is 1.57 bits per heavy atom. The predicted molar refractivity (Wildman–Crippen MR) is 108 cm³/mol. The molecule has 0 aliphatic heterocycles. The van der Waals surface area contributed by atoms with E-state index >= 15 is 0 Å². The Morgan fingerprint density at radius 1 is 0.929 bits per heavy atom. The zero-order valence-electron chi connectivity index (χ0n) is 15.8. The maximum atomic E-state index is 12.8. The van der Waals surface area contributed by atoms with Crippen molar-refractivity contribution in [2.45, 2.75) is 12.5 Å². The van der Waals surface area contributed by atoms with Gasteiger partial charge in [0, 0.05) is 13.2 Å². The molecule has 0 saturated heterocycles. The van der Waals surface area contributed by atoms with E-state index in [2.05, 4.69) is 10.3 Å². The quantitative estimate of drug-likeness (QED) is 0.693. The molecule has 3 aromatic rings. The second-order valence-electron chi connectivity index (χ2n) is 6.51. The second kappa shape index (κ2) is 9.46. The molecule has 3 rings (SSSR count). The van der Waals surface area contributed by atoms with Crippen LogP contribution in [-0.2, 0) is 16.0 Å². The minimum absolute atomic E-state index is 0.0572. The van der Waals surface area contributed by atoms with Gasteiger partial charge in [0.05, 0.1) is 24.7 Å². The molecule has 2 aromatic carbocycles. The lowest BCUT2D eigenvalue weighted by molar-refractivity contribution is -0.133. The Morgan fingerprint density at radius 3 is 2.21 bits per heavy atom. The summed E-state index contributed by atoms with van der Waals surface area (Å²) in [4.78, 5) is 31.0. The molecule has 1 aromatic heterocycles. The van der Waals surface area contributed by atoms with Gasteiger partial charge in [0.25, 0.3) is 0 Å². The molecule has 2 amide bonds. The summed E-state index contributed by atoms with van der Waals surface area (Å²) in [7, 11) is 1.73. The highest BCUT2D eigenvalue weighted by Crippen LogP contribution is 2.25. The lowest BCUT2D eigenvalue weighted by Crippen LogP contribution is -2.40. The Balaban J connectivity index is 1.68. The first-order valence-electron chi connectivity index (χ1n) is 9.17. The van der Waals surface area contributed by atoms with Gasteiger partial charge in [0.1, 0.15) is 0 Å². The summed E-state index contributed by atoms with van der Waals surface area (Å²) >= 11 is 0. The molecule has 1 N–H and O–H groups in total. The molecule has 0 bridgehead atoms. The number of carbonyl (C=O) groups excluding carboxylic acids is 2. The lowest BCUT2D eigenvalue weighted by Gasteiger charge is -2.28. The first-order chi connectivity index (χ1) is 13.6. The van der Waals surface area contributed by atoms with Crippen LogP contribution in [0.15, 0.2) is 85.1 Å². The van der Waals surface area contributed by atoms with Crippen molar-refractivity contribution in [2.24, 2.45) is 0 Å². The number of aromatic nitrogens is 1. The number of amides is 2. The molecule has 0 spiro atoms. The van der Waals surface area contributed by atoms with Crippen LogP contribution in [-0.4, -0.2) is 35.3 Å². The maximum Gasteiger partial charge on any atom is 0.242 e. The first kappa shape index (κ1) is 19.3. The molecule has 28 heavy (non-hydrogen) atoms. The smallest absolute Gasteiger partial charge is 0.242 e. The Bertz CT molecular complexity index is 859. The number of benzene rings is 2. The minimum atomic E-state index is -0.319. The third-order valence-electron chi connectivity index (χ3n) is 4.51. The highest BCUT2D eigenvalue weighted by Gasteiger charge is 2.24. The number of rotatable bonds is 7. The van der Waals surface area contributed by atoms with Crippen LogP contribution in [0.5, 0.6) is 0 Å². The Hall–Kier alpha value is -3.47. The minimum Gasteiger partial charge on any atom is -0.347 e. The molecule has 0 fully saturated rings. The number of pyridine rings is 1. The molecule has 5 nitrogen and oxygen atoms in total. The number of carbonyl (C=O) groups is 2. The Kier molecular flexibility index (Phi) is 6.52. The maximum absolute atomic E-state index is 12.8. The normalized spacial score (nSPS) is 11.5. The summed E-state index contributed by atoms with van der Waals surface area (Å²) < 4.78 is 0. The number of hydrogen-bond acceptors (Lipinski definition) is 3. The van der Waals surface area contributed by atoms with E-state index in [0.29, 0.717) is 0 Å². The Labute approximate surface area is 165 Å². The standard InChI is InChI=1S/C23H23N3O2/c1-26(22(28)17-25-21(27)16-18-10-4-2-5-11-18)23(19-12-6-3-7-13-19)20-14-8-9-15-24-20/h2-15,23H,16-17H2,1H3,(H,25,27). The zero-order valence-corrected chi connectivity index (χ0v) is 15.8. The van der Waals surface area contributed by atoms with E-state index < -0.39 is 0 Å². The van der Waals surface area contributed by atoms with Crippen molar-refractivity contribution < 1.29 is 9.59 Å². The fourth-order valence-corrected chi connectivity index (χ4v) is 3.05. The van der Waals surface area contributed by atoms with Crippen molar-refractivity contribution in [3.05, 3.63) is 102 Å². The van der Waals surface area contributed by atoms with Crippen molar-refractivity contribution in [1.82, 2.24) is 15.2 Å². The van der Waals surface area contributed by atoms with Crippen molar-refractivity contribution >= 4 is 11.8 Å². The molecule has 0 radical (unpaired) electrons. The van der Waals surface area contributed by atoms with Crippen molar-refractivity contribution in [1.29, 1.82) is 0 Å². The SMILES string of the molecule is CN(C(=O)CNC(=O)Cc1ccccc1)C(c1ccccc1)c1ccccn1. The summed E-state index contributed by atoms with van der Waals surface area (Å²) in [6, 6.07) is 24.5. The molecular formula is C23H23N3O2. The molecule has 0 aliphatic carbocycles. The van der Waals surface area contributed by atoms with Crippen molar-refractivity contribution in [3.8, 4) is 0 Å². The molecular weight excluding hydrogens is 350 g/mol. The van der Waals surface area contributed by atoms with E-state index in [-0.39, 0.29) is 30.8 Å². The van der Waals surface area contributed by atoms with E-state index in [1.165, 1.54) is 0 Å². The van der Waals surface area contributed by atoms with Crippen molar-refractivity contribution in [2.75, 3.05) is 13.6 Å². The van der Waals surface area contributed by atoms with E-state index in [4.69, 9.17) is 0 Å². The fourth-order valence-electron chi connectivity index (χ4n) is 3.05. The number of likely N-dealkylation sites (N-methyl/N-ethyl adjacent to an activating group) is 1. The van der Waals surface area contributed by atoms with E-state index in [0.717, 1.165) is 16.8 Å². The molecule has 1 heterocycles. The van der Waals surface area contributed by atoms with Crippen LogP contribution < -0.4 is 5.32 Å². The highest BCUT2D eigenvalue weighted by atomic mass is 16.2. The summed E-state index contributed by atoms with van der Waals surface area (Å²) in [5.74, 6) is -0.358. The monoisotopic (exact) mass is 373 g/mol. The molecule has 142 valence electrons. The fraction of sp³-hybridized carbons (Fsp3) is 0.174. The average Bonchev–Trinajstić information content (AvgIpc) is 2.74. The van der Waals surface area contributed by atoms with Gasteiger partial charge in [0.2, 0.25) is 11.8 Å². The van der Waals surface area contributed by atoms with Gasteiger partial charge in [-0.25, -0.2) is 0 Å². The lowest BCUT2D eigenvalue weighted by atomic mass is 10.0. The molecule has 0 saturated carbocycles. The van der Waals surface area contributed by atoms with E-state index in [1.807, 2.05) is 78.9 Å². The number of nitrogens with zero attached hydrogens (tertiary/aromatic N) is 2. The number of nitrogens with one attached hydrogen (secondary N) is 1. The van der Waals surface area contributed by atoms with Gasteiger partial charge in [-0.15, -0.1) is 0 Å². The van der Waals surface area contributed by atoms with Crippen LogP contribution in [0.4, 0.5) is 0 Å². The van der Waals surface area contributed by atoms with E-state index in [1.54, 1.807) is 18.1 Å². The summed E-state index contributed by atoms with van der Waals surface area (Å²) in [6.07, 6.45) is 1.96. The van der Waals surface area contributed by atoms with E-state index in [9.17, 15) is 9.59 Å². The molecule has 5 heteroatoms. The molecule has 1 unspecified atom stereocenters. The average molecular weight is 373 g/mol. The van der Waals surface area contributed by atoms with Crippen LogP contribution in [0, 0.1) is 0 Å². The molecule has 0 aliphatic rings. The van der Waals surface area contributed by atoms with Crippen LogP contribution in [0.2, 0.25) is 0 Å². The summed E-state index contributed by atoms with van der Waals surface area (Å²) in [5.41, 5.74) is 2.66. The van der Waals surface area contributed by atoms with Crippen LogP contribution in [0.25, 0.3) is 0 Å². The second-order valence-corrected chi connectivity index (χ2v) is 6.51. The van der Waals surface area contributed by atoms with Gasteiger partial charge >= 0.3 is 0 Å². The van der Waals surface area contributed by atoms with Crippen LogP contribution in [0.1, 0.15) is 22.9 Å². The van der Waals surface area contributed by atoms with Gasteiger partial charge in [-0.05, 0) is 23.3 Å². The third-order valence-corrected chi connectivity index (χ3v) is 4.51. The van der Waals surface area contributed by atoms with Gasteiger partial charge in [-0.3, -0.25) is 14.6 Å². The van der Waals surface area contributed by atoms with Crippen molar-refractivity contribution in [3.63, 3.8) is 0 Å². The summed E-state index contributed by atoms with van der Waals surface area (Å²) in [6.45, 7) is -0.0572.